The van der Waals surface area contributed by atoms with E-state index in [1.807, 2.05) is 12.2 Å². The highest BCUT2D eigenvalue weighted by Gasteiger charge is 2.42. The molecule has 0 aliphatic heterocycles. The number of alkyl halides is 3. The lowest BCUT2D eigenvalue weighted by Gasteiger charge is -2.22. The number of carbonyl (C=O) groups excluding carboxylic acids is 1. The fraction of sp³-hybridized carbons (Fsp3) is 0.538. The maximum Gasteiger partial charge on any atom is 0.413 e. The van der Waals surface area contributed by atoms with Crippen LogP contribution in [0.2, 0.25) is 0 Å². The molecule has 0 radical (unpaired) electrons. The first-order chi connectivity index (χ1) is 9.77. The topological polar surface area (TPSA) is 59.0 Å². The van der Waals surface area contributed by atoms with E-state index >= 15 is 0 Å². The number of hydrogen-bond donors (Lipinski definition) is 2. The molecule has 0 aliphatic carbocycles. The summed E-state index contributed by atoms with van der Waals surface area (Å²) in [5.41, 5.74) is -0.114. The fourth-order valence-electron chi connectivity index (χ4n) is 1.83. The van der Waals surface area contributed by atoms with Gasteiger partial charge >= 0.3 is 12.2 Å². The summed E-state index contributed by atoms with van der Waals surface area (Å²) in [7, 11) is 1.51. The summed E-state index contributed by atoms with van der Waals surface area (Å²) in [4.78, 5) is 11.7. The van der Waals surface area contributed by atoms with Crippen LogP contribution in [0, 0.1) is 0 Å². The molecule has 118 valence electrons. The number of rotatable bonds is 6. The van der Waals surface area contributed by atoms with E-state index in [4.69, 9.17) is 0 Å². The van der Waals surface area contributed by atoms with Gasteiger partial charge < -0.3 is 10.6 Å². The third-order valence-corrected chi connectivity index (χ3v) is 2.94. The Hall–Kier alpha value is -1.99. The first-order valence-electron chi connectivity index (χ1n) is 6.51. The Balaban J connectivity index is 2.78. The van der Waals surface area contributed by atoms with Crippen molar-refractivity contribution in [2.75, 3.05) is 0 Å². The second-order valence-electron chi connectivity index (χ2n) is 4.67. The van der Waals surface area contributed by atoms with Crippen LogP contribution in [0.4, 0.5) is 18.0 Å². The Kier molecular flexibility index (Phi) is 5.80. The third-order valence-electron chi connectivity index (χ3n) is 2.94. The summed E-state index contributed by atoms with van der Waals surface area (Å²) < 4.78 is 40.4. The van der Waals surface area contributed by atoms with Gasteiger partial charge in [-0.2, -0.15) is 18.3 Å². The van der Waals surface area contributed by atoms with E-state index in [9.17, 15) is 18.0 Å². The van der Waals surface area contributed by atoms with E-state index in [0.717, 1.165) is 6.20 Å². The smallest absolute Gasteiger partial charge is 0.335 e. The number of nitrogens with zero attached hydrogens (tertiary/aromatic N) is 2. The number of carbonyl (C=O) groups is 1. The van der Waals surface area contributed by atoms with Gasteiger partial charge in [-0.25, -0.2) is 4.79 Å². The predicted molar refractivity (Wildman–Crippen MR) is 72.6 cm³/mol. The van der Waals surface area contributed by atoms with Crippen molar-refractivity contribution >= 4 is 6.03 Å². The monoisotopic (exact) mass is 304 g/mol. The van der Waals surface area contributed by atoms with Gasteiger partial charge in [0.2, 0.25) is 0 Å². The van der Waals surface area contributed by atoms with E-state index in [-0.39, 0.29) is 11.6 Å². The van der Waals surface area contributed by atoms with Crippen LogP contribution in [0.3, 0.4) is 0 Å². The number of urea groups is 1. The molecule has 0 aromatic carbocycles. The van der Waals surface area contributed by atoms with Crippen molar-refractivity contribution in [2.24, 2.45) is 7.05 Å². The molecule has 0 saturated heterocycles. The Morgan fingerprint density at radius 3 is 2.62 bits per heavy atom. The quantitative estimate of drug-likeness (QED) is 0.794. The highest BCUT2D eigenvalue weighted by molar-refractivity contribution is 5.74. The van der Waals surface area contributed by atoms with E-state index < -0.39 is 18.2 Å². The zero-order valence-corrected chi connectivity index (χ0v) is 11.9. The molecule has 1 aromatic heterocycles. The van der Waals surface area contributed by atoms with Crippen LogP contribution in [0.1, 0.15) is 31.4 Å². The average molecular weight is 304 g/mol. The Morgan fingerprint density at radius 1 is 1.52 bits per heavy atom. The maximum absolute atomic E-state index is 13.0. The Bertz CT molecular complexity index is 484. The first kappa shape index (κ1) is 17.1. The van der Waals surface area contributed by atoms with Crippen molar-refractivity contribution in [2.45, 2.75) is 38.0 Å². The van der Waals surface area contributed by atoms with Gasteiger partial charge in [0.25, 0.3) is 0 Å². The molecule has 0 saturated carbocycles. The van der Waals surface area contributed by atoms with Crippen molar-refractivity contribution in [1.82, 2.24) is 20.4 Å². The first-order valence-corrected chi connectivity index (χ1v) is 6.51. The summed E-state index contributed by atoms with van der Waals surface area (Å²) in [6.07, 6.45) is 0.410. The molecule has 2 atom stereocenters. The molecule has 1 rings (SSSR count). The van der Waals surface area contributed by atoms with Crippen molar-refractivity contribution < 1.29 is 18.0 Å². The second kappa shape index (κ2) is 7.14. The normalized spacial score (nSPS) is 14.3. The molecule has 0 aliphatic rings. The van der Waals surface area contributed by atoms with Crippen LogP contribution in [-0.4, -0.2) is 28.0 Å². The molecular formula is C13H19F3N4O. The fourth-order valence-corrected chi connectivity index (χ4v) is 1.83. The average Bonchev–Trinajstić information content (AvgIpc) is 2.80. The SMILES string of the molecule is C=CC[C@@H](CC)NC(=O)N[C@H](c1cnn(C)c1)C(F)(F)F. The van der Waals surface area contributed by atoms with E-state index in [2.05, 4.69) is 17.0 Å². The molecule has 0 bridgehead atoms. The predicted octanol–water partition coefficient (Wildman–Crippen LogP) is 2.68. The number of nitrogens with one attached hydrogen (secondary N) is 2. The molecule has 0 fully saturated rings. The largest absolute Gasteiger partial charge is 0.413 e. The third kappa shape index (κ3) is 5.13. The molecule has 5 nitrogen and oxygen atoms in total. The molecule has 2 amide bonds. The van der Waals surface area contributed by atoms with Crippen LogP contribution >= 0.6 is 0 Å². The van der Waals surface area contributed by atoms with E-state index in [1.54, 1.807) is 6.08 Å². The summed E-state index contributed by atoms with van der Waals surface area (Å²) in [5, 5.41) is 8.14. The van der Waals surface area contributed by atoms with Gasteiger partial charge in [0, 0.05) is 24.8 Å². The molecular weight excluding hydrogens is 285 g/mol. The molecule has 2 N–H and O–H groups in total. The molecule has 1 aromatic rings. The van der Waals surface area contributed by atoms with Crippen LogP contribution in [-0.2, 0) is 7.05 Å². The molecule has 1 heterocycles. The lowest BCUT2D eigenvalue weighted by Crippen LogP contribution is -2.46. The number of halogens is 3. The molecule has 8 heteroatoms. The van der Waals surface area contributed by atoms with Gasteiger partial charge in [-0.1, -0.05) is 13.0 Å². The van der Waals surface area contributed by atoms with Crippen molar-refractivity contribution in [3.05, 3.63) is 30.6 Å². The molecule has 0 spiro atoms. The van der Waals surface area contributed by atoms with Crippen LogP contribution in [0.25, 0.3) is 0 Å². The van der Waals surface area contributed by atoms with Crippen molar-refractivity contribution in [3.8, 4) is 0 Å². The highest BCUT2D eigenvalue weighted by atomic mass is 19.4. The summed E-state index contributed by atoms with van der Waals surface area (Å²) in [5.74, 6) is 0. The Labute approximate surface area is 121 Å². The standard InChI is InChI=1S/C13H19F3N4O/c1-4-6-10(5-2)18-12(21)19-11(13(14,15)16)9-7-17-20(3)8-9/h4,7-8,10-11H,1,5-6H2,2-3H3,(H2,18,19,21)/t10-,11-/m1/s1. The number of hydrogen-bond acceptors (Lipinski definition) is 2. The lowest BCUT2D eigenvalue weighted by molar-refractivity contribution is -0.155. The minimum Gasteiger partial charge on any atom is -0.335 e. The maximum atomic E-state index is 13.0. The van der Waals surface area contributed by atoms with Gasteiger partial charge in [-0.3, -0.25) is 4.68 Å². The van der Waals surface area contributed by atoms with E-state index in [1.165, 1.54) is 17.9 Å². The Morgan fingerprint density at radius 2 is 2.19 bits per heavy atom. The minimum atomic E-state index is -4.60. The van der Waals surface area contributed by atoms with Crippen LogP contribution in [0.15, 0.2) is 25.0 Å². The van der Waals surface area contributed by atoms with Gasteiger partial charge in [0.05, 0.1) is 6.20 Å². The lowest BCUT2D eigenvalue weighted by atomic mass is 10.1. The van der Waals surface area contributed by atoms with Gasteiger partial charge in [-0.15, -0.1) is 6.58 Å². The number of aromatic nitrogens is 2. The van der Waals surface area contributed by atoms with Crippen LogP contribution in [0.5, 0.6) is 0 Å². The zero-order valence-electron chi connectivity index (χ0n) is 11.9. The van der Waals surface area contributed by atoms with Gasteiger partial charge in [0.1, 0.15) is 0 Å². The number of amides is 2. The zero-order chi connectivity index (χ0) is 16.0. The minimum absolute atomic E-state index is 0.114. The van der Waals surface area contributed by atoms with Crippen LogP contribution < -0.4 is 10.6 Å². The molecule has 21 heavy (non-hydrogen) atoms. The van der Waals surface area contributed by atoms with Crippen molar-refractivity contribution in [1.29, 1.82) is 0 Å². The van der Waals surface area contributed by atoms with Gasteiger partial charge in [0.15, 0.2) is 6.04 Å². The summed E-state index contributed by atoms with van der Waals surface area (Å²) in [6, 6.07) is -3.20. The van der Waals surface area contributed by atoms with E-state index in [0.29, 0.717) is 12.8 Å². The van der Waals surface area contributed by atoms with Gasteiger partial charge in [-0.05, 0) is 12.8 Å². The second-order valence-corrected chi connectivity index (χ2v) is 4.67. The van der Waals surface area contributed by atoms with Crippen molar-refractivity contribution in [3.63, 3.8) is 0 Å². The highest BCUT2D eigenvalue weighted by Crippen LogP contribution is 2.32. The summed E-state index contributed by atoms with van der Waals surface area (Å²) >= 11 is 0. The molecule has 0 unspecified atom stereocenters. The number of aryl methyl sites for hydroxylation is 1. The summed E-state index contributed by atoms with van der Waals surface area (Å²) in [6.45, 7) is 5.37.